The normalized spacial score (nSPS) is 20.6. The van der Waals surface area contributed by atoms with Gasteiger partial charge in [-0.2, -0.15) is 0 Å². The number of fused-ring (bicyclic) bond motifs is 1. The van der Waals surface area contributed by atoms with E-state index in [1.807, 2.05) is 0 Å². The fourth-order valence-electron chi connectivity index (χ4n) is 5.46. The fourth-order valence-corrected chi connectivity index (χ4v) is 5.91. The van der Waals surface area contributed by atoms with E-state index in [9.17, 15) is 18.3 Å². The number of nitrogens with one attached hydrogen (secondary N) is 1. The third-order valence-corrected chi connectivity index (χ3v) is 8.79. The molecule has 0 aliphatic carbocycles. The van der Waals surface area contributed by atoms with Crippen LogP contribution >= 0.6 is 0 Å². The molecule has 4 heterocycles. The summed E-state index contributed by atoms with van der Waals surface area (Å²) in [5.41, 5.74) is 19.6. The molecule has 0 unspecified atom stereocenters. The van der Waals surface area contributed by atoms with Crippen molar-refractivity contribution in [3.05, 3.63) is 24.5 Å². The highest BCUT2D eigenvalue weighted by Gasteiger charge is 2.46. The van der Waals surface area contributed by atoms with Crippen molar-refractivity contribution in [2.24, 2.45) is 11.5 Å². The van der Waals surface area contributed by atoms with Crippen LogP contribution in [0.1, 0.15) is 37.6 Å². The van der Waals surface area contributed by atoms with Crippen molar-refractivity contribution >= 4 is 33.0 Å². The number of nitrogens with zero attached hydrogens (tertiary/aromatic N) is 7. The Morgan fingerprint density at radius 2 is 1.78 bits per heavy atom. The van der Waals surface area contributed by atoms with Gasteiger partial charge in [-0.1, -0.05) is 5.21 Å². The summed E-state index contributed by atoms with van der Waals surface area (Å²) in [5, 5.41) is 28.7. The zero-order valence-electron chi connectivity index (χ0n) is 28.5. The first kappa shape index (κ1) is 40.3. The second-order valence-corrected chi connectivity index (χ2v) is 13.9. The van der Waals surface area contributed by atoms with Crippen LogP contribution in [0, 0.1) is 0 Å². The van der Waals surface area contributed by atoms with E-state index in [-0.39, 0.29) is 38.4 Å². The first-order chi connectivity index (χ1) is 24.4. The van der Waals surface area contributed by atoms with Crippen LogP contribution in [-0.2, 0) is 51.5 Å². The number of aromatic nitrogens is 7. The lowest BCUT2D eigenvalue weighted by molar-refractivity contribution is -0.138. The van der Waals surface area contributed by atoms with Crippen molar-refractivity contribution in [1.82, 2.24) is 39.2 Å². The van der Waals surface area contributed by atoms with E-state index in [0.717, 1.165) is 11.9 Å². The molecule has 286 valence electrons. The number of hydrogen-bond acceptors (Lipinski definition) is 17. The lowest BCUT2D eigenvalue weighted by atomic mass is 9.98. The molecular weight excluding hydrogens is 694 g/mol. The second-order valence-electron chi connectivity index (χ2n) is 12.0. The molecule has 0 amide bonds. The minimum absolute atomic E-state index is 0.190. The predicted octanol–water partition coefficient (Wildman–Crippen LogP) is -2.22. The molecule has 21 nitrogen and oxygen atoms in total. The van der Waals surface area contributed by atoms with Crippen molar-refractivity contribution in [2.75, 3.05) is 64.8 Å². The van der Waals surface area contributed by atoms with E-state index in [1.165, 1.54) is 12.7 Å². The first-order valence-corrected chi connectivity index (χ1v) is 18.5. The Morgan fingerprint density at radius 1 is 1.06 bits per heavy atom. The van der Waals surface area contributed by atoms with Gasteiger partial charge in [0, 0.05) is 19.2 Å². The number of sulfonamides is 1. The monoisotopic (exact) mass is 743 g/mol. The number of ether oxygens (including phenoxy) is 5. The number of imidazole rings is 1. The molecule has 0 spiro atoms. The molecule has 0 radical (unpaired) electrons. The number of aliphatic hydroxyl groups excluding tert-OH is 1. The topological polar surface area (TPSA) is 302 Å². The zero-order valence-corrected chi connectivity index (χ0v) is 29.3. The molecule has 3 aromatic heterocycles. The smallest absolute Gasteiger partial charge is 0.320 e. The van der Waals surface area contributed by atoms with Crippen molar-refractivity contribution in [3.8, 4) is 0 Å². The van der Waals surface area contributed by atoms with Gasteiger partial charge in [-0.25, -0.2) is 32.8 Å². The number of anilines is 1. The quantitative estimate of drug-likeness (QED) is 0.0501. The van der Waals surface area contributed by atoms with E-state index in [2.05, 4.69) is 30.0 Å². The van der Waals surface area contributed by atoms with Gasteiger partial charge < -0.3 is 51.1 Å². The zero-order chi connectivity index (χ0) is 36.8. The van der Waals surface area contributed by atoms with E-state index in [4.69, 9.17) is 46.0 Å². The van der Waals surface area contributed by atoms with Gasteiger partial charge in [0.25, 0.3) is 0 Å². The molecular formula is C29H49N11O10S. The van der Waals surface area contributed by atoms with E-state index in [0.29, 0.717) is 70.0 Å². The van der Waals surface area contributed by atoms with E-state index >= 15 is 0 Å². The Balaban J connectivity index is 1.21. The number of carbonyl (C=O) groups is 1. The second kappa shape index (κ2) is 20.0. The van der Waals surface area contributed by atoms with Crippen LogP contribution in [0.2, 0.25) is 0 Å². The predicted molar refractivity (Wildman–Crippen MR) is 180 cm³/mol. The summed E-state index contributed by atoms with van der Waals surface area (Å²) in [4.78, 5) is 23.7. The summed E-state index contributed by atoms with van der Waals surface area (Å²) >= 11 is 0. The lowest BCUT2D eigenvalue weighted by Crippen LogP contribution is -2.39. The fraction of sp³-hybridized carbons (Fsp3) is 0.724. The minimum Gasteiger partial charge on any atom is -0.480 e. The highest BCUT2D eigenvalue weighted by molar-refractivity contribution is 7.88. The summed E-state index contributed by atoms with van der Waals surface area (Å²) in [5.74, 6) is -0.906. The maximum Gasteiger partial charge on any atom is 0.320 e. The Labute approximate surface area is 295 Å². The Bertz CT molecular complexity index is 1610. The van der Waals surface area contributed by atoms with Gasteiger partial charge in [0.1, 0.15) is 30.1 Å². The number of nitrogen functional groups attached to an aromatic ring is 1. The summed E-state index contributed by atoms with van der Waals surface area (Å²) in [7, 11) is -3.22. The molecule has 1 saturated heterocycles. The Morgan fingerprint density at radius 3 is 2.51 bits per heavy atom. The first-order valence-electron chi connectivity index (χ1n) is 16.6. The highest BCUT2D eigenvalue weighted by Crippen LogP contribution is 2.35. The van der Waals surface area contributed by atoms with Gasteiger partial charge >= 0.3 is 5.97 Å². The summed E-state index contributed by atoms with van der Waals surface area (Å²) in [6, 6.07) is -1.49. The summed E-state index contributed by atoms with van der Waals surface area (Å²) < 4.78 is 56.6. The molecule has 0 bridgehead atoms. The number of carboxylic acids is 1. The number of carboxylic acid groups (broad SMARTS) is 1. The molecule has 1 fully saturated rings. The number of aliphatic carboxylic acids is 1. The van der Waals surface area contributed by atoms with Crippen LogP contribution in [0.3, 0.4) is 0 Å². The maximum atomic E-state index is 11.4. The highest BCUT2D eigenvalue weighted by atomic mass is 32.2. The van der Waals surface area contributed by atoms with Crippen LogP contribution in [0.15, 0.2) is 18.9 Å². The van der Waals surface area contributed by atoms with Crippen LogP contribution in [0.5, 0.6) is 0 Å². The van der Waals surface area contributed by atoms with Gasteiger partial charge in [0.2, 0.25) is 10.0 Å². The van der Waals surface area contributed by atoms with Gasteiger partial charge in [-0.15, -0.1) is 5.10 Å². The summed E-state index contributed by atoms with van der Waals surface area (Å²) in [6.07, 6.45) is 4.17. The molecule has 4 rings (SSSR count). The van der Waals surface area contributed by atoms with Gasteiger partial charge in [0.05, 0.1) is 76.8 Å². The summed E-state index contributed by atoms with van der Waals surface area (Å²) in [6.45, 7) is 3.10. The molecule has 3 aromatic rings. The van der Waals surface area contributed by atoms with Gasteiger partial charge in [-0.3, -0.25) is 9.36 Å². The Hall–Kier alpha value is -3.45. The number of hydrogen-bond donors (Lipinski definition) is 6. The van der Waals surface area contributed by atoms with Crippen LogP contribution in [0.4, 0.5) is 5.82 Å². The third kappa shape index (κ3) is 12.6. The molecule has 1 aliphatic heterocycles. The minimum atomic E-state index is -3.22. The van der Waals surface area contributed by atoms with Crippen molar-refractivity contribution in [1.29, 1.82) is 0 Å². The number of aliphatic hydroxyl groups is 1. The van der Waals surface area contributed by atoms with Crippen molar-refractivity contribution in [3.63, 3.8) is 0 Å². The van der Waals surface area contributed by atoms with Gasteiger partial charge in [-0.05, 0) is 32.1 Å². The van der Waals surface area contributed by atoms with Crippen LogP contribution in [0.25, 0.3) is 11.2 Å². The molecule has 0 saturated carbocycles. The van der Waals surface area contributed by atoms with Crippen LogP contribution < -0.4 is 21.9 Å². The van der Waals surface area contributed by atoms with E-state index in [1.54, 1.807) is 15.4 Å². The van der Waals surface area contributed by atoms with Crippen LogP contribution in [-0.4, -0.2) is 149 Å². The number of aryl methyl sites for hydroxylation is 1. The third-order valence-electron chi connectivity index (χ3n) is 8.06. The lowest BCUT2D eigenvalue weighted by Gasteiger charge is -2.23. The number of rotatable bonds is 25. The van der Waals surface area contributed by atoms with Crippen molar-refractivity contribution < 1.29 is 47.1 Å². The number of nitrogens with two attached hydrogens (primary N) is 3. The molecule has 9 N–H and O–H groups in total. The molecule has 6 atom stereocenters. The average molecular weight is 744 g/mol. The largest absolute Gasteiger partial charge is 0.480 e. The van der Waals surface area contributed by atoms with Crippen molar-refractivity contribution in [2.45, 2.75) is 75.3 Å². The average Bonchev–Trinajstić information content (AvgIpc) is 3.80. The van der Waals surface area contributed by atoms with Gasteiger partial charge in [0.15, 0.2) is 17.7 Å². The SMILES string of the molecule is CS(=O)(=O)NCCOCCOCCOCCn1nncc1CCCO[C@H]1[C@@H](O)[C@H](n2cnc3c(N)ncnc32)O[C@@H]1C[C@@H](N)CC[C@H](N)C(=O)O. The maximum absolute atomic E-state index is 11.4. The van der Waals surface area contributed by atoms with E-state index < -0.39 is 52.6 Å². The molecule has 1 aliphatic rings. The Kier molecular flexibility index (Phi) is 15.8. The molecule has 0 aromatic carbocycles. The molecule has 51 heavy (non-hydrogen) atoms. The standard InChI is InChI=1S/C29H49N11O10S/c1-51(44,45)37-6-9-46-11-13-48-14-12-47-10-7-40-20(16-36-38-40)3-2-8-49-25-22(15-19(30)4-5-21(31)29(42)43)50-28(24(25)41)39-18-35-23-26(32)33-17-34-27(23)39/h16-19,21-22,24-25,28,37,41H,2-15,30-31H2,1H3,(H,42,43)(H2,32,33,34)/t19-,21-,22+,24+,25+,28+/m0/s1. The molecule has 22 heteroatoms.